The van der Waals surface area contributed by atoms with Crippen LogP contribution in [0.5, 0.6) is 5.75 Å². The Morgan fingerprint density at radius 2 is 2.32 bits per heavy atom. The van der Waals surface area contributed by atoms with Crippen LogP contribution in [0.3, 0.4) is 0 Å². The van der Waals surface area contributed by atoms with Gasteiger partial charge in [0, 0.05) is 37.7 Å². The van der Waals surface area contributed by atoms with E-state index in [0.717, 1.165) is 11.3 Å². The van der Waals surface area contributed by atoms with Crippen molar-refractivity contribution in [1.82, 2.24) is 10.2 Å². The Kier molecular flexibility index (Phi) is 6.64. The smallest absolute Gasteiger partial charge is 0.234 e. The van der Waals surface area contributed by atoms with Crippen LogP contribution in [0.25, 0.3) is 0 Å². The van der Waals surface area contributed by atoms with Gasteiger partial charge in [-0.2, -0.15) is 0 Å². The number of aliphatic hydroxyl groups excluding tert-OH is 1. The van der Waals surface area contributed by atoms with Crippen molar-refractivity contribution in [2.45, 2.75) is 6.54 Å². The molecule has 2 N–H and O–H groups in total. The number of benzene rings is 1. The largest absolute Gasteiger partial charge is 0.496 e. The number of nitrogens with zero attached hydrogens (tertiary/aromatic N) is 1. The first kappa shape index (κ1) is 16.7. The van der Waals surface area contributed by atoms with Crippen LogP contribution in [-0.4, -0.2) is 62.5 Å². The average Bonchev–Trinajstić information content (AvgIpc) is 2.78. The third-order valence-corrected chi connectivity index (χ3v) is 3.72. The van der Waals surface area contributed by atoms with Crippen molar-refractivity contribution in [1.29, 1.82) is 0 Å². The van der Waals surface area contributed by atoms with Gasteiger partial charge in [0.25, 0.3) is 0 Å². The fourth-order valence-corrected chi connectivity index (χ4v) is 2.51. The van der Waals surface area contributed by atoms with Crippen LogP contribution in [0, 0.1) is 5.92 Å². The molecule has 1 aliphatic heterocycles. The molecule has 2 rings (SSSR count). The Morgan fingerprint density at radius 1 is 1.50 bits per heavy atom. The van der Waals surface area contributed by atoms with Crippen molar-refractivity contribution in [2.24, 2.45) is 5.92 Å². The fraction of sp³-hybridized carbons (Fsp3) is 0.562. The average molecular weight is 308 g/mol. The Labute approximate surface area is 131 Å². The van der Waals surface area contributed by atoms with Gasteiger partial charge >= 0.3 is 0 Å². The second-order valence-electron chi connectivity index (χ2n) is 5.45. The molecule has 22 heavy (non-hydrogen) atoms. The second-order valence-corrected chi connectivity index (χ2v) is 5.45. The quantitative estimate of drug-likeness (QED) is 0.788. The first-order valence-electron chi connectivity index (χ1n) is 7.52. The molecule has 6 nitrogen and oxygen atoms in total. The van der Waals surface area contributed by atoms with Gasteiger partial charge in [0.05, 0.1) is 26.9 Å². The summed E-state index contributed by atoms with van der Waals surface area (Å²) in [6.07, 6.45) is 0. The Morgan fingerprint density at radius 3 is 3.09 bits per heavy atom. The minimum atomic E-state index is -0.0375. The maximum Gasteiger partial charge on any atom is 0.234 e. The Balaban J connectivity index is 1.82. The van der Waals surface area contributed by atoms with Gasteiger partial charge in [0.15, 0.2) is 0 Å². The highest BCUT2D eigenvalue weighted by molar-refractivity contribution is 5.78. The summed E-state index contributed by atoms with van der Waals surface area (Å²) in [5.41, 5.74) is 0.950. The highest BCUT2D eigenvalue weighted by atomic mass is 16.5. The van der Waals surface area contributed by atoms with Crippen LogP contribution in [0.1, 0.15) is 5.56 Å². The van der Waals surface area contributed by atoms with Crippen molar-refractivity contribution < 1.29 is 19.4 Å². The highest BCUT2D eigenvalue weighted by Gasteiger charge is 2.19. The van der Waals surface area contributed by atoms with Crippen LogP contribution in [-0.2, 0) is 16.1 Å². The highest BCUT2D eigenvalue weighted by Crippen LogP contribution is 2.16. The third-order valence-electron chi connectivity index (χ3n) is 3.72. The molecule has 0 unspecified atom stereocenters. The zero-order valence-corrected chi connectivity index (χ0v) is 13.0. The molecule has 0 bridgehead atoms. The van der Waals surface area contributed by atoms with Gasteiger partial charge in [-0.05, 0) is 6.07 Å². The summed E-state index contributed by atoms with van der Waals surface area (Å²) < 4.78 is 10.7. The molecule has 1 heterocycles. The lowest BCUT2D eigenvalue weighted by Gasteiger charge is -2.21. The van der Waals surface area contributed by atoms with E-state index < -0.39 is 0 Å². The van der Waals surface area contributed by atoms with E-state index in [1.54, 1.807) is 7.11 Å². The van der Waals surface area contributed by atoms with Crippen molar-refractivity contribution in [3.63, 3.8) is 0 Å². The zero-order chi connectivity index (χ0) is 15.8. The van der Waals surface area contributed by atoms with Crippen molar-refractivity contribution in [2.75, 3.05) is 46.6 Å². The maximum absolute atomic E-state index is 12.1. The number of hydrogen-bond acceptors (Lipinski definition) is 5. The summed E-state index contributed by atoms with van der Waals surface area (Å²) in [5, 5.41) is 12.2. The number of nitrogens with one attached hydrogen (secondary N) is 1. The monoisotopic (exact) mass is 308 g/mol. The van der Waals surface area contributed by atoms with Crippen molar-refractivity contribution >= 4 is 5.91 Å². The Hall–Kier alpha value is -1.63. The predicted octanol–water partition coefficient (Wildman–Crippen LogP) is 0.252. The SMILES string of the molecule is COc1ccccc1CNC(=O)CN1CCOC[C@H](CO)C1. The molecule has 1 saturated heterocycles. The summed E-state index contributed by atoms with van der Waals surface area (Å²) in [4.78, 5) is 14.1. The molecule has 0 aromatic heterocycles. The molecule has 1 aromatic carbocycles. The van der Waals surface area contributed by atoms with Gasteiger partial charge in [-0.1, -0.05) is 18.2 Å². The predicted molar refractivity (Wildman–Crippen MR) is 82.7 cm³/mol. The molecule has 1 amide bonds. The summed E-state index contributed by atoms with van der Waals surface area (Å²) in [6.45, 7) is 3.37. The van der Waals surface area contributed by atoms with E-state index in [0.29, 0.717) is 39.4 Å². The number of para-hydroxylation sites is 1. The molecular weight excluding hydrogens is 284 g/mol. The number of amides is 1. The number of carbonyl (C=O) groups is 1. The van der Waals surface area contributed by atoms with E-state index in [9.17, 15) is 9.90 Å². The topological polar surface area (TPSA) is 71.0 Å². The van der Waals surface area contributed by atoms with E-state index in [4.69, 9.17) is 9.47 Å². The van der Waals surface area contributed by atoms with E-state index in [-0.39, 0.29) is 18.4 Å². The number of hydrogen-bond donors (Lipinski definition) is 2. The number of carbonyl (C=O) groups excluding carboxylic acids is 1. The van der Waals surface area contributed by atoms with Gasteiger partial charge in [0.1, 0.15) is 5.75 Å². The van der Waals surface area contributed by atoms with E-state index in [2.05, 4.69) is 5.32 Å². The van der Waals surface area contributed by atoms with E-state index in [1.807, 2.05) is 29.2 Å². The minimum Gasteiger partial charge on any atom is -0.496 e. The van der Waals surface area contributed by atoms with Gasteiger partial charge in [-0.15, -0.1) is 0 Å². The van der Waals surface area contributed by atoms with Crippen LogP contribution < -0.4 is 10.1 Å². The van der Waals surface area contributed by atoms with Crippen LogP contribution >= 0.6 is 0 Å². The standard InChI is InChI=1S/C16H24N2O4/c1-21-15-5-3-2-4-14(15)8-17-16(20)10-18-6-7-22-12-13(9-18)11-19/h2-5,13,19H,6-12H2,1H3,(H,17,20)/t13-/m0/s1. The summed E-state index contributed by atoms with van der Waals surface area (Å²) in [5.74, 6) is 0.806. The van der Waals surface area contributed by atoms with Gasteiger partial charge in [0.2, 0.25) is 5.91 Å². The molecule has 0 radical (unpaired) electrons. The number of ether oxygens (including phenoxy) is 2. The zero-order valence-electron chi connectivity index (χ0n) is 13.0. The normalized spacial score (nSPS) is 19.5. The summed E-state index contributed by atoms with van der Waals surface area (Å²) in [6, 6.07) is 7.62. The first-order chi connectivity index (χ1) is 10.7. The molecule has 0 saturated carbocycles. The molecule has 0 spiro atoms. The van der Waals surface area contributed by atoms with Crippen LogP contribution in [0.4, 0.5) is 0 Å². The lowest BCUT2D eigenvalue weighted by molar-refractivity contribution is -0.122. The van der Waals surface area contributed by atoms with Crippen LogP contribution in [0.2, 0.25) is 0 Å². The molecule has 122 valence electrons. The first-order valence-corrected chi connectivity index (χ1v) is 7.52. The molecule has 0 aliphatic carbocycles. The van der Waals surface area contributed by atoms with Crippen molar-refractivity contribution in [3.05, 3.63) is 29.8 Å². The third kappa shape index (κ3) is 4.98. The minimum absolute atomic E-state index is 0.0375. The van der Waals surface area contributed by atoms with Crippen LogP contribution in [0.15, 0.2) is 24.3 Å². The molecule has 1 aliphatic rings. The molecule has 1 fully saturated rings. The lowest BCUT2D eigenvalue weighted by Crippen LogP contribution is -2.40. The van der Waals surface area contributed by atoms with Gasteiger partial charge in [-0.3, -0.25) is 9.69 Å². The number of methoxy groups -OCH3 is 1. The van der Waals surface area contributed by atoms with Gasteiger partial charge in [-0.25, -0.2) is 0 Å². The maximum atomic E-state index is 12.1. The summed E-state index contributed by atoms with van der Waals surface area (Å²) >= 11 is 0. The molecular formula is C16H24N2O4. The fourth-order valence-electron chi connectivity index (χ4n) is 2.51. The molecule has 1 aromatic rings. The van der Waals surface area contributed by atoms with E-state index in [1.165, 1.54) is 0 Å². The number of aliphatic hydroxyl groups is 1. The molecule has 1 atom stereocenters. The lowest BCUT2D eigenvalue weighted by atomic mass is 10.1. The second kappa shape index (κ2) is 8.73. The molecule has 6 heteroatoms. The Bertz CT molecular complexity index is 481. The van der Waals surface area contributed by atoms with Gasteiger partial charge < -0.3 is 19.9 Å². The van der Waals surface area contributed by atoms with E-state index >= 15 is 0 Å². The summed E-state index contributed by atoms with van der Waals surface area (Å²) in [7, 11) is 1.62. The number of rotatable bonds is 6. The van der Waals surface area contributed by atoms with Crippen molar-refractivity contribution in [3.8, 4) is 5.75 Å².